The molecule has 10 heteroatoms. The van der Waals surface area contributed by atoms with Crippen molar-refractivity contribution in [1.82, 2.24) is 8.61 Å². The summed E-state index contributed by atoms with van der Waals surface area (Å²) in [6, 6.07) is 2.96. The zero-order valence-corrected chi connectivity index (χ0v) is 19.3. The minimum absolute atomic E-state index is 0.151. The number of thiophene rings is 2. The predicted octanol–water partition coefficient (Wildman–Crippen LogP) is 3.13. The van der Waals surface area contributed by atoms with Gasteiger partial charge in [0.05, 0.1) is 9.79 Å². The van der Waals surface area contributed by atoms with Gasteiger partial charge in [0.2, 0.25) is 20.0 Å². The Kier molecular flexibility index (Phi) is 5.61. The van der Waals surface area contributed by atoms with E-state index in [1.54, 1.807) is 32.9 Å². The monoisotopic (exact) mass is 448 g/mol. The fraction of sp³-hybridized carbons (Fsp3) is 0.529. The van der Waals surface area contributed by atoms with Gasteiger partial charge in [-0.25, -0.2) is 16.8 Å². The number of hydrogen-bond acceptors (Lipinski definition) is 6. The van der Waals surface area contributed by atoms with E-state index in [4.69, 9.17) is 0 Å². The fourth-order valence-corrected chi connectivity index (χ4v) is 9.65. The van der Waals surface area contributed by atoms with Gasteiger partial charge in [0.1, 0.15) is 0 Å². The van der Waals surface area contributed by atoms with Crippen LogP contribution in [0.3, 0.4) is 0 Å². The molecule has 0 spiro atoms. The van der Waals surface area contributed by atoms with Crippen LogP contribution < -0.4 is 0 Å². The van der Waals surface area contributed by atoms with E-state index in [0.717, 1.165) is 19.5 Å². The van der Waals surface area contributed by atoms with Crippen LogP contribution in [-0.2, 0) is 20.0 Å². The number of aryl methyl sites for hydroxylation is 4. The molecule has 0 radical (unpaired) electrons. The largest absolute Gasteiger partial charge is 0.244 e. The van der Waals surface area contributed by atoms with Crippen LogP contribution in [0.2, 0.25) is 0 Å². The summed E-state index contributed by atoms with van der Waals surface area (Å²) >= 11 is 2.91. The highest BCUT2D eigenvalue weighted by Crippen LogP contribution is 2.32. The molecule has 1 aliphatic rings. The molecular weight excluding hydrogens is 424 g/mol. The third-order valence-corrected chi connectivity index (χ3v) is 11.0. The van der Waals surface area contributed by atoms with Crippen LogP contribution in [0, 0.1) is 27.7 Å². The number of nitrogens with zero attached hydrogens (tertiary/aromatic N) is 2. The molecule has 1 unspecified atom stereocenters. The van der Waals surface area contributed by atoms with Gasteiger partial charge in [0, 0.05) is 45.2 Å². The highest BCUT2D eigenvalue weighted by atomic mass is 32.2. The number of piperazine rings is 1. The van der Waals surface area contributed by atoms with Gasteiger partial charge in [-0.3, -0.25) is 0 Å². The third-order valence-electron chi connectivity index (χ3n) is 4.72. The molecule has 1 aliphatic heterocycles. The molecule has 0 N–H and O–H groups in total. The summed E-state index contributed by atoms with van der Waals surface area (Å²) < 4.78 is 55.0. The SMILES string of the molecule is Cc1cc(S(=O)(=O)N2CCN(S(=O)(=O)c3cc(C)sc3C)C(C)C2)c(C)s1. The lowest BCUT2D eigenvalue weighted by molar-refractivity contribution is 0.212. The van der Waals surface area contributed by atoms with E-state index < -0.39 is 26.1 Å². The molecule has 0 bridgehead atoms. The zero-order valence-electron chi connectivity index (χ0n) is 16.0. The zero-order chi connectivity index (χ0) is 20.1. The molecule has 1 fully saturated rings. The molecule has 0 saturated carbocycles. The molecule has 1 saturated heterocycles. The van der Waals surface area contributed by atoms with Crippen molar-refractivity contribution < 1.29 is 16.8 Å². The first-order valence-corrected chi connectivity index (χ1v) is 13.1. The Morgan fingerprint density at radius 1 is 0.852 bits per heavy atom. The highest BCUT2D eigenvalue weighted by molar-refractivity contribution is 7.89. The van der Waals surface area contributed by atoms with E-state index in [1.165, 1.54) is 31.3 Å². The van der Waals surface area contributed by atoms with E-state index in [2.05, 4.69) is 0 Å². The first kappa shape index (κ1) is 20.9. The van der Waals surface area contributed by atoms with E-state index in [0.29, 0.717) is 9.79 Å². The van der Waals surface area contributed by atoms with Gasteiger partial charge in [-0.15, -0.1) is 22.7 Å². The standard InChI is InChI=1S/C17H24N2O4S4/c1-11-10-18(26(20,21)16-8-12(2)24-14(16)4)6-7-19(11)27(22,23)17-9-13(3)25-15(17)5/h8-9,11H,6-7,10H2,1-5H3. The van der Waals surface area contributed by atoms with Gasteiger partial charge < -0.3 is 0 Å². The lowest BCUT2D eigenvalue weighted by Crippen LogP contribution is -2.55. The number of hydrogen-bond donors (Lipinski definition) is 0. The molecular formula is C17H24N2O4S4. The fourth-order valence-electron chi connectivity index (χ4n) is 3.48. The van der Waals surface area contributed by atoms with Crippen molar-refractivity contribution in [3.05, 3.63) is 31.6 Å². The van der Waals surface area contributed by atoms with Gasteiger partial charge in [-0.1, -0.05) is 0 Å². The third kappa shape index (κ3) is 3.75. The van der Waals surface area contributed by atoms with Gasteiger partial charge >= 0.3 is 0 Å². The summed E-state index contributed by atoms with van der Waals surface area (Å²) in [5.41, 5.74) is 0. The number of sulfonamides is 2. The molecule has 150 valence electrons. The normalized spacial score (nSPS) is 20.3. The topological polar surface area (TPSA) is 74.8 Å². The number of rotatable bonds is 4. The summed E-state index contributed by atoms with van der Waals surface area (Å²) in [7, 11) is -7.25. The van der Waals surface area contributed by atoms with Crippen molar-refractivity contribution in [3.63, 3.8) is 0 Å². The van der Waals surface area contributed by atoms with Crippen molar-refractivity contribution >= 4 is 42.7 Å². The van der Waals surface area contributed by atoms with Crippen LogP contribution in [-0.4, -0.2) is 51.1 Å². The van der Waals surface area contributed by atoms with Gasteiger partial charge in [-0.05, 0) is 46.8 Å². The molecule has 2 aromatic heterocycles. The second-order valence-corrected chi connectivity index (χ2v) is 13.6. The molecule has 3 rings (SSSR count). The second-order valence-electron chi connectivity index (χ2n) is 6.88. The summed E-state index contributed by atoms with van der Waals surface area (Å²) in [6.45, 7) is 9.60. The van der Waals surface area contributed by atoms with Crippen molar-refractivity contribution in [1.29, 1.82) is 0 Å². The average Bonchev–Trinajstić information content (AvgIpc) is 3.08. The minimum atomic E-state index is -3.63. The maximum absolute atomic E-state index is 13.1. The van der Waals surface area contributed by atoms with Crippen LogP contribution in [0.1, 0.15) is 26.4 Å². The van der Waals surface area contributed by atoms with Crippen LogP contribution >= 0.6 is 22.7 Å². The van der Waals surface area contributed by atoms with Crippen LogP contribution in [0.4, 0.5) is 0 Å². The average molecular weight is 449 g/mol. The molecule has 0 aliphatic carbocycles. The van der Waals surface area contributed by atoms with Gasteiger partial charge in [0.25, 0.3) is 0 Å². The van der Waals surface area contributed by atoms with Crippen molar-refractivity contribution in [2.75, 3.05) is 19.6 Å². The molecule has 1 atom stereocenters. The first-order valence-electron chi connectivity index (χ1n) is 8.60. The Morgan fingerprint density at radius 2 is 1.33 bits per heavy atom. The Hall–Kier alpha value is -0.780. The maximum atomic E-state index is 13.1. The van der Waals surface area contributed by atoms with Crippen LogP contribution in [0.15, 0.2) is 21.9 Å². The summed E-state index contributed by atoms with van der Waals surface area (Å²) in [4.78, 5) is 4.08. The molecule has 2 aromatic rings. The Labute approximate surface area is 169 Å². The van der Waals surface area contributed by atoms with Crippen molar-refractivity contribution in [2.45, 2.75) is 50.5 Å². The minimum Gasteiger partial charge on any atom is -0.207 e. The van der Waals surface area contributed by atoms with Gasteiger partial charge in [0.15, 0.2) is 0 Å². The quantitative estimate of drug-likeness (QED) is 0.720. The maximum Gasteiger partial charge on any atom is 0.244 e. The van der Waals surface area contributed by atoms with Crippen molar-refractivity contribution in [3.8, 4) is 0 Å². The molecule has 27 heavy (non-hydrogen) atoms. The summed E-state index contributed by atoms with van der Waals surface area (Å²) in [5, 5.41) is 0. The van der Waals surface area contributed by atoms with E-state index in [9.17, 15) is 16.8 Å². The highest BCUT2D eigenvalue weighted by Gasteiger charge is 2.39. The smallest absolute Gasteiger partial charge is 0.207 e. The predicted molar refractivity (Wildman–Crippen MR) is 110 cm³/mol. The summed E-state index contributed by atoms with van der Waals surface area (Å²) in [5.74, 6) is 0. The molecule has 3 heterocycles. The molecule has 0 aromatic carbocycles. The lowest BCUT2D eigenvalue weighted by atomic mass is 10.3. The molecule has 6 nitrogen and oxygen atoms in total. The lowest BCUT2D eigenvalue weighted by Gasteiger charge is -2.38. The molecule has 0 amide bonds. The Bertz CT molecular complexity index is 1070. The summed E-state index contributed by atoms with van der Waals surface area (Å²) in [6.07, 6.45) is 0. The van der Waals surface area contributed by atoms with E-state index >= 15 is 0 Å². The second kappa shape index (κ2) is 7.23. The van der Waals surface area contributed by atoms with Crippen LogP contribution in [0.5, 0.6) is 0 Å². The van der Waals surface area contributed by atoms with E-state index in [-0.39, 0.29) is 19.6 Å². The Balaban J connectivity index is 1.86. The van der Waals surface area contributed by atoms with Crippen molar-refractivity contribution in [2.24, 2.45) is 0 Å². The van der Waals surface area contributed by atoms with Crippen LogP contribution in [0.25, 0.3) is 0 Å². The first-order chi connectivity index (χ1) is 12.4. The van der Waals surface area contributed by atoms with E-state index in [1.807, 2.05) is 13.8 Å². The van der Waals surface area contributed by atoms with Gasteiger partial charge in [-0.2, -0.15) is 8.61 Å². The Morgan fingerprint density at radius 3 is 1.74 bits per heavy atom.